The van der Waals surface area contributed by atoms with Gasteiger partial charge in [-0.25, -0.2) is 14.5 Å². The number of hydrogen-bond donors (Lipinski definition) is 0. The Kier molecular flexibility index (Phi) is 7.62. The molecule has 2 aromatic carbocycles. The predicted molar refractivity (Wildman–Crippen MR) is 146 cm³/mol. The minimum atomic E-state index is -0.821. The fourth-order valence-corrected chi connectivity index (χ4v) is 6.09. The zero-order valence-corrected chi connectivity index (χ0v) is 23.4. The second kappa shape index (κ2) is 10.8. The van der Waals surface area contributed by atoms with E-state index in [9.17, 15) is 14.4 Å². The van der Waals surface area contributed by atoms with Crippen molar-refractivity contribution in [3.63, 3.8) is 0 Å². The highest BCUT2D eigenvalue weighted by molar-refractivity contribution is 6.30. The summed E-state index contributed by atoms with van der Waals surface area (Å²) in [6.07, 6.45) is 0.669. The van der Waals surface area contributed by atoms with E-state index >= 15 is 0 Å². The number of carbonyl (C=O) groups excluding carboxylic acids is 3. The Hall–Kier alpha value is -3.10. The lowest BCUT2D eigenvalue weighted by molar-refractivity contribution is -0.132. The van der Waals surface area contributed by atoms with Gasteiger partial charge in [-0.05, 0) is 63.3 Å². The van der Waals surface area contributed by atoms with E-state index in [0.717, 1.165) is 12.0 Å². The van der Waals surface area contributed by atoms with Gasteiger partial charge in [0.05, 0.1) is 24.6 Å². The molecule has 3 fully saturated rings. The molecule has 3 amide bonds. The first-order valence-corrected chi connectivity index (χ1v) is 13.8. The molecule has 8 nitrogen and oxygen atoms in total. The maximum atomic E-state index is 14.5. The Morgan fingerprint density at radius 3 is 2.49 bits per heavy atom. The van der Waals surface area contributed by atoms with Crippen LogP contribution in [0.4, 0.5) is 9.59 Å². The van der Waals surface area contributed by atoms with E-state index < -0.39 is 41.7 Å². The van der Waals surface area contributed by atoms with Crippen molar-refractivity contribution in [2.24, 2.45) is 5.41 Å². The lowest BCUT2D eigenvalue weighted by Crippen LogP contribution is -2.50. The molecule has 0 N–H and O–H groups in total. The lowest BCUT2D eigenvalue weighted by Gasteiger charge is -2.34. The van der Waals surface area contributed by atoms with E-state index in [1.165, 1.54) is 4.90 Å². The van der Waals surface area contributed by atoms with Gasteiger partial charge < -0.3 is 19.1 Å². The summed E-state index contributed by atoms with van der Waals surface area (Å²) >= 11 is 6.20. The fraction of sp³-hybridized carbons (Fsp3) is 0.500. The number of hydrogen-bond acceptors (Lipinski definition) is 6. The van der Waals surface area contributed by atoms with Crippen LogP contribution in [-0.4, -0.2) is 71.9 Å². The third-order valence-corrected chi connectivity index (χ3v) is 8.01. The predicted octanol–water partition coefficient (Wildman–Crippen LogP) is 5.43. The minimum absolute atomic E-state index is 0.116. The average molecular weight is 555 g/mol. The molecule has 2 aromatic rings. The highest BCUT2D eigenvalue weighted by Crippen LogP contribution is 2.47. The van der Waals surface area contributed by atoms with Crippen LogP contribution in [0.2, 0.25) is 5.02 Å². The minimum Gasteiger partial charge on any atom is -0.447 e. The summed E-state index contributed by atoms with van der Waals surface area (Å²) in [6.45, 7) is 7.10. The first-order valence-electron chi connectivity index (χ1n) is 13.4. The number of nitrogens with zero attached hydrogens (tertiary/aromatic N) is 2. The van der Waals surface area contributed by atoms with Crippen molar-refractivity contribution < 1.29 is 28.6 Å². The molecule has 9 heteroatoms. The molecule has 3 saturated heterocycles. The third-order valence-electron chi connectivity index (χ3n) is 7.75. The Balaban J connectivity index is 1.53. The smallest absolute Gasteiger partial charge is 0.417 e. The van der Waals surface area contributed by atoms with Crippen molar-refractivity contribution in [2.45, 2.75) is 63.6 Å². The van der Waals surface area contributed by atoms with Crippen molar-refractivity contribution in [3.05, 3.63) is 70.7 Å². The van der Waals surface area contributed by atoms with Gasteiger partial charge in [-0.2, -0.15) is 0 Å². The Bertz CT molecular complexity index is 1210. The molecule has 3 aliphatic heterocycles. The summed E-state index contributed by atoms with van der Waals surface area (Å²) in [4.78, 5) is 43.9. The molecule has 0 saturated carbocycles. The van der Waals surface area contributed by atoms with Gasteiger partial charge in [0.25, 0.3) is 0 Å². The molecule has 1 unspecified atom stereocenters. The highest BCUT2D eigenvalue weighted by Gasteiger charge is 2.54. The first kappa shape index (κ1) is 27.5. The number of cyclic esters (lactones) is 1. The van der Waals surface area contributed by atoms with Crippen LogP contribution < -0.4 is 0 Å². The second-order valence-electron chi connectivity index (χ2n) is 11.8. The summed E-state index contributed by atoms with van der Waals surface area (Å²) in [5.41, 5.74) is 0.696. The van der Waals surface area contributed by atoms with Crippen LogP contribution in [0.3, 0.4) is 0 Å². The SMILES string of the molecule is CC(C)(C)OC(=O)N1CC2(CCOC2)C[C@H]1[C@@H](C(=O)N1C(=O)OC[C@H]1Cc1ccccc1)c1ccc(Cl)cc1. The summed E-state index contributed by atoms with van der Waals surface area (Å²) in [5, 5.41) is 0.531. The van der Waals surface area contributed by atoms with E-state index in [1.54, 1.807) is 29.2 Å². The van der Waals surface area contributed by atoms with Crippen molar-refractivity contribution in [1.82, 2.24) is 9.80 Å². The fourth-order valence-electron chi connectivity index (χ4n) is 5.97. The zero-order valence-electron chi connectivity index (χ0n) is 22.6. The van der Waals surface area contributed by atoms with Gasteiger partial charge in [-0.1, -0.05) is 54.1 Å². The number of ether oxygens (including phenoxy) is 3. The van der Waals surface area contributed by atoms with Crippen molar-refractivity contribution in [1.29, 1.82) is 0 Å². The van der Waals surface area contributed by atoms with Gasteiger partial charge in [0.15, 0.2) is 0 Å². The average Bonchev–Trinajstić information content (AvgIpc) is 3.59. The standard InChI is InChI=1S/C30H35ClN2O6/c1-29(2,3)39-27(35)32-18-30(13-14-37-19-30)16-24(32)25(21-9-11-22(31)12-10-21)26(34)33-23(17-38-28(33)36)15-20-7-5-4-6-8-20/h4-12,23-25H,13-19H2,1-3H3/t23-,24+,25+,30?/m1/s1. The topological polar surface area (TPSA) is 85.4 Å². The van der Waals surface area contributed by atoms with Gasteiger partial charge in [0.1, 0.15) is 12.2 Å². The quantitative estimate of drug-likeness (QED) is 0.490. The van der Waals surface area contributed by atoms with Crippen LogP contribution >= 0.6 is 11.6 Å². The Morgan fingerprint density at radius 2 is 1.85 bits per heavy atom. The van der Waals surface area contributed by atoms with Crippen LogP contribution in [0.1, 0.15) is 50.7 Å². The molecule has 4 atom stereocenters. The summed E-state index contributed by atoms with van der Waals surface area (Å²) < 4.78 is 16.9. The van der Waals surface area contributed by atoms with Crippen molar-refractivity contribution >= 4 is 29.7 Å². The summed E-state index contributed by atoms with van der Waals surface area (Å²) in [7, 11) is 0. The van der Waals surface area contributed by atoms with Crippen molar-refractivity contribution in [3.8, 4) is 0 Å². The van der Waals surface area contributed by atoms with Crippen LogP contribution in [0, 0.1) is 5.41 Å². The van der Waals surface area contributed by atoms with Gasteiger partial charge >= 0.3 is 12.2 Å². The molecular formula is C30H35ClN2O6. The largest absolute Gasteiger partial charge is 0.447 e. The Labute approximate surface area is 234 Å². The van der Waals surface area contributed by atoms with Gasteiger partial charge in [0.2, 0.25) is 5.91 Å². The molecule has 3 aliphatic rings. The van der Waals surface area contributed by atoms with Crippen LogP contribution in [-0.2, 0) is 25.4 Å². The molecule has 3 heterocycles. The molecule has 0 aromatic heterocycles. The molecule has 39 heavy (non-hydrogen) atoms. The van der Waals surface area contributed by atoms with Crippen LogP contribution in [0.5, 0.6) is 0 Å². The normalized spacial score (nSPS) is 25.7. The number of benzene rings is 2. The van der Waals surface area contributed by atoms with E-state index in [4.69, 9.17) is 25.8 Å². The van der Waals surface area contributed by atoms with Gasteiger partial charge in [-0.15, -0.1) is 0 Å². The van der Waals surface area contributed by atoms with E-state index in [0.29, 0.717) is 43.2 Å². The zero-order chi connectivity index (χ0) is 27.8. The molecule has 208 valence electrons. The van der Waals surface area contributed by atoms with Gasteiger partial charge in [-0.3, -0.25) is 4.79 Å². The maximum Gasteiger partial charge on any atom is 0.417 e. The number of halogens is 1. The van der Waals surface area contributed by atoms with Gasteiger partial charge in [0, 0.05) is 23.6 Å². The monoisotopic (exact) mass is 554 g/mol. The van der Waals surface area contributed by atoms with Crippen molar-refractivity contribution in [2.75, 3.05) is 26.4 Å². The van der Waals surface area contributed by atoms with Crippen LogP contribution in [0.25, 0.3) is 0 Å². The van der Waals surface area contributed by atoms with E-state index in [1.807, 2.05) is 51.1 Å². The number of carbonyl (C=O) groups is 3. The second-order valence-corrected chi connectivity index (χ2v) is 12.3. The Morgan fingerprint density at radius 1 is 1.13 bits per heavy atom. The van der Waals surface area contributed by atoms with Crippen LogP contribution in [0.15, 0.2) is 54.6 Å². The first-order chi connectivity index (χ1) is 18.6. The third kappa shape index (κ3) is 5.92. The number of likely N-dealkylation sites (tertiary alicyclic amines) is 1. The highest BCUT2D eigenvalue weighted by atomic mass is 35.5. The molecule has 1 spiro atoms. The van der Waals surface area contributed by atoms with E-state index in [2.05, 4.69) is 0 Å². The molecule has 5 rings (SSSR count). The number of amides is 3. The summed E-state index contributed by atoms with van der Waals surface area (Å²) in [5.74, 6) is -1.21. The molecule has 0 bridgehead atoms. The molecular weight excluding hydrogens is 520 g/mol. The summed E-state index contributed by atoms with van der Waals surface area (Å²) in [6, 6.07) is 15.7. The maximum absolute atomic E-state index is 14.5. The molecule has 0 aliphatic carbocycles. The number of rotatable bonds is 5. The van der Waals surface area contributed by atoms with E-state index in [-0.39, 0.29) is 12.0 Å². The molecule has 0 radical (unpaired) electrons. The number of imide groups is 1. The lowest BCUT2D eigenvalue weighted by atomic mass is 9.80.